The zero-order valence-corrected chi connectivity index (χ0v) is 6.86. The molecule has 0 aliphatic carbocycles. The van der Waals surface area contributed by atoms with Crippen molar-refractivity contribution in [3.63, 3.8) is 0 Å². The lowest BCUT2D eigenvalue weighted by molar-refractivity contribution is 0.165. The molecule has 1 heterocycles. The van der Waals surface area contributed by atoms with Gasteiger partial charge in [0.15, 0.2) is 0 Å². The van der Waals surface area contributed by atoms with Crippen LogP contribution >= 0.6 is 0 Å². The Morgan fingerprint density at radius 1 is 1.73 bits per heavy atom. The van der Waals surface area contributed by atoms with Gasteiger partial charge in [-0.05, 0) is 31.9 Å². The van der Waals surface area contributed by atoms with Gasteiger partial charge in [0, 0.05) is 6.04 Å². The maximum absolute atomic E-state index is 5.55. The number of nitrogens with two attached hydrogens (primary N) is 1. The lowest BCUT2D eigenvalue weighted by Crippen LogP contribution is -2.14. The highest BCUT2D eigenvalue weighted by Gasteiger charge is 2.05. The first-order valence-electron chi connectivity index (χ1n) is 4.03. The van der Waals surface area contributed by atoms with Gasteiger partial charge >= 0.3 is 0 Å². The number of hydrogen-bond acceptors (Lipinski definition) is 2. The molecular weight excluding hydrogens is 138 g/mol. The summed E-state index contributed by atoms with van der Waals surface area (Å²) in [5.74, 6) is 0. The van der Waals surface area contributed by atoms with E-state index in [-0.39, 0.29) is 12.1 Å². The van der Waals surface area contributed by atoms with Crippen molar-refractivity contribution in [2.45, 2.75) is 31.9 Å². The van der Waals surface area contributed by atoms with Crippen molar-refractivity contribution >= 4 is 0 Å². The number of ether oxygens (including phenoxy) is 1. The van der Waals surface area contributed by atoms with E-state index in [0.29, 0.717) is 0 Å². The van der Waals surface area contributed by atoms with Gasteiger partial charge in [0.05, 0.1) is 6.26 Å². The number of rotatable bonds is 2. The van der Waals surface area contributed by atoms with Crippen LogP contribution in [0.5, 0.6) is 0 Å². The highest BCUT2D eigenvalue weighted by atomic mass is 16.5. The SMILES string of the molecule is CC(N)/C=C/C1CCC=CO1. The summed E-state index contributed by atoms with van der Waals surface area (Å²) in [5, 5.41) is 0. The summed E-state index contributed by atoms with van der Waals surface area (Å²) in [6.45, 7) is 1.95. The second-order valence-electron chi connectivity index (χ2n) is 2.87. The van der Waals surface area contributed by atoms with Gasteiger partial charge in [-0.15, -0.1) is 0 Å². The van der Waals surface area contributed by atoms with Crippen molar-refractivity contribution in [1.29, 1.82) is 0 Å². The highest BCUT2D eigenvalue weighted by molar-refractivity contribution is 4.98. The second kappa shape index (κ2) is 4.19. The molecule has 0 saturated heterocycles. The predicted octanol–water partition coefficient (Wildman–Crippen LogP) is 1.58. The first-order chi connectivity index (χ1) is 5.29. The van der Waals surface area contributed by atoms with Crippen molar-refractivity contribution in [3.8, 4) is 0 Å². The third-order valence-corrected chi connectivity index (χ3v) is 1.60. The smallest absolute Gasteiger partial charge is 0.116 e. The zero-order valence-electron chi connectivity index (χ0n) is 6.86. The second-order valence-corrected chi connectivity index (χ2v) is 2.87. The van der Waals surface area contributed by atoms with Crippen molar-refractivity contribution in [1.82, 2.24) is 0 Å². The van der Waals surface area contributed by atoms with E-state index in [0.717, 1.165) is 12.8 Å². The van der Waals surface area contributed by atoms with Crippen LogP contribution in [-0.2, 0) is 4.74 Å². The van der Waals surface area contributed by atoms with E-state index in [2.05, 4.69) is 0 Å². The molecule has 1 aliphatic rings. The van der Waals surface area contributed by atoms with Crippen molar-refractivity contribution < 1.29 is 4.74 Å². The van der Waals surface area contributed by atoms with Gasteiger partial charge in [-0.1, -0.05) is 6.08 Å². The molecule has 0 bridgehead atoms. The number of allylic oxidation sites excluding steroid dienone is 1. The Balaban J connectivity index is 2.31. The Bertz CT molecular complexity index is 161. The minimum Gasteiger partial charge on any atom is -0.494 e. The minimum absolute atomic E-state index is 0.129. The molecule has 1 aliphatic heterocycles. The van der Waals surface area contributed by atoms with Crippen LogP contribution in [0.15, 0.2) is 24.5 Å². The molecule has 0 fully saturated rings. The topological polar surface area (TPSA) is 35.2 Å². The van der Waals surface area contributed by atoms with E-state index < -0.39 is 0 Å². The van der Waals surface area contributed by atoms with E-state index in [9.17, 15) is 0 Å². The molecule has 2 atom stereocenters. The lowest BCUT2D eigenvalue weighted by atomic mass is 10.1. The Kier molecular flexibility index (Phi) is 3.17. The molecule has 2 heteroatoms. The summed E-state index contributed by atoms with van der Waals surface area (Å²) in [6.07, 6.45) is 10.2. The van der Waals surface area contributed by atoms with Crippen LogP contribution < -0.4 is 5.73 Å². The van der Waals surface area contributed by atoms with E-state index in [1.54, 1.807) is 6.26 Å². The standard InChI is InChI=1S/C9H15NO/c1-8(10)5-6-9-4-2-3-7-11-9/h3,5-9H,2,4,10H2,1H3/b6-5+. The lowest BCUT2D eigenvalue weighted by Gasteiger charge is -2.15. The van der Waals surface area contributed by atoms with Crippen LogP contribution in [-0.4, -0.2) is 12.1 Å². The van der Waals surface area contributed by atoms with Crippen LogP contribution in [0.2, 0.25) is 0 Å². The average Bonchev–Trinajstić information content (AvgIpc) is 2.03. The Morgan fingerprint density at radius 2 is 2.55 bits per heavy atom. The highest BCUT2D eigenvalue weighted by Crippen LogP contribution is 2.10. The summed E-state index contributed by atoms with van der Waals surface area (Å²) < 4.78 is 5.31. The molecule has 2 N–H and O–H groups in total. The van der Waals surface area contributed by atoms with Crippen LogP contribution in [0.3, 0.4) is 0 Å². The maximum Gasteiger partial charge on any atom is 0.116 e. The van der Waals surface area contributed by atoms with E-state index >= 15 is 0 Å². The molecule has 0 radical (unpaired) electrons. The molecule has 2 nitrogen and oxygen atoms in total. The predicted molar refractivity (Wildman–Crippen MR) is 46.0 cm³/mol. The molecule has 0 aromatic heterocycles. The molecule has 1 rings (SSSR count). The number of hydrogen-bond donors (Lipinski definition) is 1. The largest absolute Gasteiger partial charge is 0.494 e. The van der Waals surface area contributed by atoms with E-state index in [4.69, 9.17) is 10.5 Å². The van der Waals surface area contributed by atoms with Crippen LogP contribution in [0.4, 0.5) is 0 Å². The molecule has 0 aromatic carbocycles. The first-order valence-corrected chi connectivity index (χ1v) is 4.03. The van der Waals surface area contributed by atoms with Gasteiger partial charge in [0.1, 0.15) is 6.10 Å². The van der Waals surface area contributed by atoms with Crippen LogP contribution in [0.25, 0.3) is 0 Å². The molecular formula is C9H15NO. The summed E-state index contributed by atoms with van der Waals surface area (Å²) in [5.41, 5.74) is 5.55. The Hall–Kier alpha value is -0.760. The average molecular weight is 153 g/mol. The van der Waals surface area contributed by atoms with Gasteiger partial charge in [-0.2, -0.15) is 0 Å². The van der Waals surface area contributed by atoms with Gasteiger partial charge in [-0.25, -0.2) is 0 Å². The quantitative estimate of drug-likeness (QED) is 0.611. The fourth-order valence-electron chi connectivity index (χ4n) is 0.994. The fourth-order valence-corrected chi connectivity index (χ4v) is 0.994. The van der Waals surface area contributed by atoms with Crippen molar-refractivity contribution in [2.75, 3.05) is 0 Å². The normalized spacial score (nSPS) is 26.9. The van der Waals surface area contributed by atoms with Gasteiger partial charge < -0.3 is 10.5 Å². The zero-order chi connectivity index (χ0) is 8.10. The molecule has 0 aromatic rings. The maximum atomic E-state index is 5.55. The van der Waals surface area contributed by atoms with Gasteiger partial charge in [0.25, 0.3) is 0 Å². The monoisotopic (exact) mass is 153 g/mol. The molecule has 11 heavy (non-hydrogen) atoms. The molecule has 0 spiro atoms. The van der Waals surface area contributed by atoms with Crippen LogP contribution in [0.1, 0.15) is 19.8 Å². The van der Waals surface area contributed by atoms with Crippen LogP contribution in [0, 0.1) is 0 Å². The van der Waals surface area contributed by atoms with Crippen molar-refractivity contribution in [3.05, 3.63) is 24.5 Å². The Labute approximate surface area is 67.7 Å². The summed E-state index contributed by atoms with van der Waals surface area (Å²) in [6, 6.07) is 0.129. The summed E-state index contributed by atoms with van der Waals surface area (Å²) in [4.78, 5) is 0. The Morgan fingerprint density at radius 3 is 3.09 bits per heavy atom. The molecule has 0 saturated carbocycles. The minimum atomic E-state index is 0.129. The third kappa shape index (κ3) is 3.23. The molecule has 2 unspecified atom stereocenters. The summed E-state index contributed by atoms with van der Waals surface area (Å²) in [7, 11) is 0. The van der Waals surface area contributed by atoms with E-state index in [1.165, 1.54) is 0 Å². The first kappa shape index (κ1) is 8.34. The summed E-state index contributed by atoms with van der Waals surface area (Å²) >= 11 is 0. The molecule has 0 amide bonds. The molecule has 62 valence electrons. The van der Waals surface area contributed by atoms with Gasteiger partial charge in [-0.3, -0.25) is 0 Å². The van der Waals surface area contributed by atoms with Crippen molar-refractivity contribution in [2.24, 2.45) is 5.73 Å². The fraction of sp³-hybridized carbons (Fsp3) is 0.556. The third-order valence-electron chi connectivity index (χ3n) is 1.60. The van der Waals surface area contributed by atoms with Gasteiger partial charge in [0.2, 0.25) is 0 Å². The van der Waals surface area contributed by atoms with E-state index in [1.807, 2.05) is 25.2 Å².